The Hall–Kier alpha value is -8.80. The molecule has 10 heterocycles. The summed E-state index contributed by atoms with van der Waals surface area (Å²) in [6.07, 6.45) is 26.3. The number of piperazine rings is 2. The molecule has 0 spiro atoms. The molecule has 8 aromatic heterocycles. The van der Waals surface area contributed by atoms with Crippen molar-refractivity contribution in [2.75, 3.05) is 72.0 Å². The number of nitrogens with zero attached hydrogens (tertiary/aromatic N) is 18. The van der Waals surface area contributed by atoms with Gasteiger partial charge in [0.2, 0.25) is 11.9 Å². The zero-order valence-electron chi connectivity index (χ0n) is 46.0. The summed E-state index contributed by atoms with van der Waals surface area (Å²) >= 11 is 0. The minimum atomic E-state index is -0.837. The van der Waals surface area contributed by atoms with Crippen LogP contribution < -0.4 is 31.1 Å². The summed E-state index contributed by atoms with van der Waals surface area (Å²) in [7, 11) is 0. The van der Waals surface area contributed by atoms with E-state index in [0.717, 1.165) is 139 Å². The summed E-state index contributed by atoms with van der Waals surface area (Å²) in [6.45, 7) is 13.6. The average molecular weight is 1140 g/mol. The summed E-state index contributed by atoms with van der Waals surface area (Å²) in [4.78, 5) is 36.6. The lowest BCUT2D eigenvalue weighted by molar-refractivity contribution is 0.125. The third kappa shape index (κ3) is 11.6. The number of aromatic nitrogens is 14. The quantitative estimate of drug-likeness (QED) is 0.0945. The summed E-state index contributed by atoms with van der Waals surface area (Å²) in [5, 5.41) is 28.2. The first-order valence-corrected chi connectivity index (χ1v) is 27.7. The number of fused-ring (bicyclic) bond motifs is 2. The Bertz CT molecular complexity index is 3620. The molecule has 0 unspecified atom stereocenters. The van der Waals surface area contributed by atoms with Crippen LogP contribution in [0.4, 0.5) is 32.3 Å². The largest absolute Gasteiger partial charge is 0.388 e. The molecule has 0 radical (unpaired) electrons. The Morgan fingerprint density at radius 3 is 1.24 bits per heavy atom. The van der Waals surface area contributed by atoms with Gasteiger partial charge in [-0.2, -0.15) is 20.4 Å². The Morgan fingerprint density at radius 2 is 0.857 bits per heavy atom. The van der Waals surface area contributed by atoms with Crippen LogP contribution in [-0.4, -0.2) is 132 Å². The first-order valence-electron chi connectivity index (χ1n) is 27.7. The molecular weight excluding hydrogens is 1070 g/mol. The highest BCUT2D eigenvalue weighted by Gasteiger charge is 2.41. The van der Waals surface area contributed by atoms with E-state index in [-0.39, 0.29) is 26.5 Å². The minimum Gasteiger partial charge on any atom is -0.388 e. The van der Waals surface area contributed by atoms with Gasteiger partial charge in [-0.05, 0) is 92.5 Å². The number of halogens is 2. The highest BCUT2D eigenvalue weighted by atomic mass is 19.1. The first kappa shape index (κ1) is 57.0. The van der Waals surface area contributed by atoms with Crippen molar-refractivity contribution in [1.82, 2.24) is 68.7 Å². The fraction of sp³-hybridized carbons (Fsp3) is 0.377. The van der Waals surface area contributed by atoms with Crippen molar-refractivity contribution in [1.29, 1.82) is 0 Å². The van der Waals surface area contributed by atoms with Gasteiger partial charge in [0.15, 0.2) is 11.6 Å². The predicted molar refractivity (Wildman–Crippen MR) is 320 cm³/mol. The molecule has 2 atom stereocenters. The zero-order chi connectivity index (χ0) is 56.4. The fourth-order valence-corrected chi connectivity index (χ4v) is 10.9. The highest BCUT2D eigenvalue weighted by molar-refractivity contribution is 5.78. The van der Waals surface area contributed by atoms with Gasteiger partial charge in [-0.15, -0.1) is 0 Å². The van der Waals surface area contributed by atoms with Crippen LogP contribution in [0.25, 0.3) is 33.3 Å². The molecule has 2 aliphatic carbocycles. The SMILES string of the molecule is C.C.CC1(Cn2cc(-c3cc4c(N5CCN(c6ncc([C@@](C)(N)c7ccc(F)cc7)cn6)CC5)ncnn4c3)cn2)CC1.C[C@](N)(c1ccc(F)cc1)c1cnc(N2CCN(c3ncnn4cc(-c5cnn(CC6(O)CC6)c5)cc34)CC2)nc1. The van der Waals surface area contributed by atoms with Gasteiger partial charge in [-0.3, -0.25) is 9.36 Å². The smallest absolute Gasteiger partial charge is 0.225 e. The summed E-state index contributed by atoms with van der Waals surface area (Å²) < 4.78 is 34.4. The molecule has 21 nitrogen and oxygen atoms in total. The van der Waals surface area contributed by atoms with Crippen LogP contribution in [0, 0.1) is 17.0 Å². The van der Waals surface area contributed by atoms with E-state index >= 15 is 0 Å². The Balaban J connectivity index is 0.000000171. The molecule has 2 saturated carbocycles. The summed E-state index contributed by atoms with van der Waals surface area (Å²) in [5.41, 5.74) is 20.5. The Morgan fingerprint density at radius 1 is 0.476 bits per heavy atom. The first-order chi connectivity index (χ1) is 39.5. The van der Waals surface area contributed by atoms with E-state index in [9.17, 15) is 13.9 Å². The third-order valence-corrected chi connectivity index (χ3v) is 16.7. The van der Waals surface area contributed by atoms with Gasteiger partial charge >= 0.3 is 0 Å². The lowest BCUT2D eigenvalue weighted by Crippen LogP contribution is -2.47. The summed E-state index contributed by atoms with van der Waals surface area (Å²) in [5.74, 6) is 2.51. The molecule has 84 heavy (non-hydrogen) atoms. The highest BCUT2D eigenvalue weighted by Crippen LogP contribution is 2.46. The Labute approximate surface area is 486 Å². The molecule has 10 aromatic rings. The van der Waals surface area contributed by atoms with Crippen molar-refractivity contribution in [2.24, 2.45) is 16.9 Å². The number of benzene rings is 2. The van der Waals surface area contributed by atoms with E-state index in [0.29, 0.717) is 23.9 Å². The maximum Gasteiger partial charge on any atom is 0.225 e. The lowest BCUT2D eigenvalue weighted by atomic mass is 9.87. The van der Waals surface area contributed by atoms with Crippen LogP contribution in [0.2, 0.25) is 0 Å². The molecule has 2 aliphatic heterocycles. The standard InChI is InChI=1S/C30H33FN10.C29H31FN10O.2CH4/c1-29(7-8-29)19-40-17-22(14-36-40)21-13-26-27(35-20-37-41(26)18-21)38-9-11-39(12-10-38)28-33-15-24(16-34-28)30(2,32)23-3-5-25(31)6-4-23;1-28(31,22-2-4-24(30)5-3-22)23-14-32-27(33-15-23)38-10-8-37(9-11-38)26-25-12-20(17-40(25)36-19-34-26)21-13-35-39(16-21)18-29(41)6-7-29;;/h3-6,13-18,20H,7-12,19,32H2,1-2H3;2-5,12-17,19,41H,6-11,18,31H2,1H3;2*1H4/t30-;28-;;/m00../s1. The third-order valence-electron chi connectivity index (χ3n) is 16.7. The van der Waals surface area contributed by atoms with Gasteiger partial charge in [-0.25, -0.2) is 47.7 Å². The lowest BCUT2D eigenvalue weighted by Gasteiger charge is -2.35. The van der Waals surface area contributed by atoms with Crippen molar-refractivity contribution in [3.63, 3.8) is 0 Å². The number of hydrogen-bond donors (Lipinski definition) is 3. The van der Waals surface area contributed by atoms with Crippen LogP contribution in [0.5, 0.6) is 0 Å². The predicted octanol–water partition coefficient (Wildman–Crippen LogP) is 7.74. The number of aliphatic hydroxyl groups is 1. The topological polar surface area (TPSA) is 233 Å². The molecule has 2 aromatic carbocycles. The second kappa shape index (κ2) is 22.4. The molecular formula is C61H72F2N20O. The summed E-state index contributed by atoms with van der Waals surface area (Å²) in [6, 6.07) is 16.7. The zero-order valence-corrected chi connectivity index (χ0v) is 46.0. The molecule has 23 heteroatoms. The number of rotatable bonds is 14. The number of nitrogens with two attached hydrogens (primary N) is 2. The van der Waals surface area contributed by atoms with Crippen LogP contribution in [-0.2, 0) is 24.2 Å². The van der Waals surface area contributed by atoms with E-state index in [2.05, 4.69) is 99.8 Å². The van der Waals surface area contributed by atoms with Gasteiger partial charge in [0.25, 0.3) is 0 Å². The van der Waals surface area contributed by atoms with Gasteiger partial charge in [0.05, 0.1) is 35.6 Å². The average Bonchev–Trinajstić information content (AvgIpc) is 3.56. The molecule has 4 aliphatic rings. The van der Waals surface area contributed by atoms with Gasteiger partial charge in [0, 0.05) is 142 Å². The van der Waals surface area contributed by atoms with Crippen LogP contribution >= 0.6 is 0 Å². The Kier molecular flexibility index (Phi) is 15.2. The van der Waals surface area contributed by atoms with Gasteiger partial charge in [0.1, 0.15) is 35.3 Å². The van der Waals surface area contributed by atoms with Crippen molar-refractivity contribution in [3.8, 4) is 22.3 Å². The maximum atomic E-state index is 13.4. The van der Waals surface area contributed by atoms with Crippen LogP contribution in [0.1, 0.15) is 83.6 Å². The molecule has 436 valence electrons. The maximum absolute atomic E-state index is 13.4. The molecule has 2 saturated heterocycles. The number of hydrogen-bond acceptors (Lipinski definition) is 17. The second-order valence-electron chi connectivity index (χ2n) is 23.1. The van der Waals surface area contributed by atoms with Gasteiger partial charge < -0.3 is 36.2 Å². The van der Waals surface area contributed by atoms with Crippen molar-refractivity contribution >= 4 is 34.6 Å². The van der Waals surface area contributed by atoms with E-state index in [1.54, 1.807) is 61.7 Å². The van der Waals surface area contributed by atoms with Crippen molar-refractivity contribution in [3.05, 3.63) is 169 Å². The molecule has 0 amide bonds. The number of anilines is 4. The molecule has 14 rings (SSSR count). The van der Waals surface area contributed by atoms with Crippen LogP contribution in [0.15, 0.2) is 135 Å². The minimum absolute atomic E-state index is 0. The molecule has 0 bridgehead atoms. The van der Waals surface area contributed by atoms with E-state index in [4.69, 9.17) is 11.5 Å². The van der Waals surface area contributed by atoms with E-state index in [1.165, 1.54) is 37.1 Å². The molecule has 5 N–H and O–H groups in total. The normalized spacial score (nSPS) is 17.6. The van der Waals surface area contributed by atoms with Crippen molar-refractivity contribution < 1.29 is 13.9 Å². The monoisotopic (exact) mass is 1140 g/mol. The fourth-order valence-electron chi connectivity index (χ4n) is 10.9. The molecule has 4 fully saturated rings. The van der Waals surface area contributed by atoms with E-state index < -0.39 is 16.7 Å². The second-order valence-corrected chi connectivity index (χ2v) is 23.1. The van der Waals surface area contributed by atoms with Gasteiger partial charge in [-0.1, -0.05) is 46.0 Å². The van der Waals surface area contributed by atoms with Crippen LogP contribution in [0.3, 0.4) is 0 Å². The van der Waals surface area contributed by atoms with Crippen molar-refractivity contribution in [2.45, 2.75) is 91.1 Å². The van der Waals surface area contributed by atoms with E-state index in [1.807, 2.05) is 58.5 Å².